The number of ether oxygens (including phenoxy) is 2. The Morgan fingerprint density at radius 2 is 2.05 bits per heavy atom. The summed E-state index contributed by atoms with van der Waals surface area (Å²) in [6.45, 7) is 3.52. The minimum absolute atomic E-state index is 0.129. The fraction of sp³-hybridized carbons (Fsp3) is 0.462. The Morgan fingerprint density at radius 1 is 1.37 bits per heavy atom. The van der Waals surface area contributed by atoms with Crippen molar-refractivity contribution in [1.82, 2.24) is 4.90 Å². The lowest BCUT2D eigenvalue weighted by atomic mass is 10.3. The van der Waals surface area contributed by atoms with Crippen LogP contribution in [0, 0.1) is 11.6 Å². The van der Waals surface area contributed by atoms with E-state index < -0.39 is 17.7 Å². The van der Waals surface area contributed by atoms with Gasteiger partial charge in [-0.05, 0) is 19.1 Å². The van der Waals surface area contributed by atoms with Crippen molar-refractivity contribution < 1.29 is 23.0 Å². The zero-order valence-corrected chi connectivity index (χ0v) is 10.6. The van der Waals surface area contributed by atoms with Crippen molar-refractivity contribution in [2.75, 3.05) is 26.3 Å². The SMILES string of the molecule is C[C@@H](Oc1ccc(F)cc1F)C(=O)N1CCOCC1. The van der Waals surface area contributed by atoms with Gasteiger partial charge in [0.1, 0.15) is 5.82 Å². The third kappa shape index (κ3) is 3.41. The number of amides is 1. The summed E-state index contributed by atoms with van der Waals surface area (Å²) in [7, 11) is 0. The molecule has 0 saturated carbocycles. The van der Waals surface area contributed by atoms with Gasteiger partial charge in [0, 0.05) is 19.2 Å². The van der Waals surface area contributed by atoms with Crippen LogP contribution in [0.25, 0.3) is 0 Å². The van der Waals surface area contributed by atoms with Gasteiger partial charge in [0.25, 0.3) is 5.91 Å². The predicted molar refractivity (Wildman–Crippen MR) is 63.8 cm³/mol. The van der Waals surface area contributed by atoms with Gasteiger partial charge in [0.2, 0.25) is 0 Å². The fourth-order valence-electron chi connectivity index (χ4n) is 1.85. The number of carbonyl (C=O) groups excluding carboxylic acids is 1. The molecule has 1 amide bonds. The van der Waals surface area contributed by atoms with Crippen LogP contribution in [-0.4, -0.2) is 43.2 Å². The van der Waals surface area contributed by atoms with Gasteiger partial charge in [-0.15, -0.1) is 0 Å². The van der Waals surface area contributed by atoms with Gasteiger partial charge in [0.05, 0.1) is 13.2 Å². The molecule has 6 heteroatoms. The molecule has 1 fully saturated rings. The Morgan fingerprint density at radius 3 is 2.68 bits per heavy atom. The molecule has 1 heterocycles. The first-order valence-corrected chi connectivity index (χ1v) is 6.06. The van der Waals surface area contributed by atoms with E-state index in [1.807, 2.05) is 0 Å². The van der Waals surface area contributed by atoms with Crippen LogP contribution in [0.15, 0.2) is 18.2 Å². The van der Waals surface area contributed by atoms with Gasteiger partial charge in [-0.2, -0.15) is 0 Å². The second-order valence-corrected chi connectivity index (χ2v) is 4.27. The number of hydrogen-bond acceptors (Lipinski definition) is 3. The second kappa shape index (κ2) is 5.97. The van der Waals surface area contributed by atoms with Crippen LogP contribution in [0.3, 0.4) is 0 Å². The van der Waals surface area contributed by atoms with E-state index in [2.05, 4.69) is 0 Å². The largest absolute Gasteiger partial charge is 0.478 e. The maximum absolute atomic E-state index is 13.4. The van der Waals surface area contributed by atoms with Crippen LogP contribution >= 0.6 is 0 Å². The van der Waals surface area contributed by atoms with E-state index in [9.17, 15) is 13.6 Å². The van der Waals surface area contributed by atoms with Crippen molar-refractivity contribution in [3.63, 3.8) is 0 Å². The summed E-state index contributed by atoms with van der Waals surface area (Å²) in [5.41, 5.74) is 0. The molecular weight excluding hydrogens is 256 g/mol. The minimum atomic E-state index is -0.821. The molecule has 19 heavy (non-hydrogen) atoms. The van der Waals surface area contributed by atoms with Gasteiger partial charge in [0.15, 0.2) is 17.7 Å². The van der Waals surface area contributed by atoms with Crippen molar-refractivity contribution >= 4 is 5.91 Å². The lowest BCUT2D eigenvalue weighted by Gasteiger charge is -2.29. The number of morpholine rings is 1. The highest BCUT2D eigenvalue weighted by atomic mass is 19.1. The van der Waals surface area contributed by atoms with Gasteiger partial charge < -0.3 is 14.4 Å². The van der Waals surface area contributed by atoms with Crippen molar-refractivity contribution in [2.45, 2.75) is 13.0 Å². The maximum Gasteiger partial charge on any atom is 0.263 e. The van der Waals surface area contributed by atoms with Crippen molar-refractivity contribution in [3.05, 3.63) is 29.8 Å². The standard InChI is InChI=1S/C13H15F2NO3/c1-9(13(17)16-4-6-18-7-5-16)19-12-3-2-10(14)8-11(12)15/h2-3,8-9H,4-7H2,1H3/t9-/m1/s1. The lowest BCUT2D eigenvalue weighted by molar-refractivity contribution is -0.142. The summed E-state index contributed by atoms with van der Waals surface area (Å²) in [6.07, 6.45) is -0.821. The second-order valence-electron chi connectivity index (χ2n) is 4.27. The summed E-state index contributed by atoms with van der Waals surface area (Å²) < 4.78 is 36.5. The van der Waals surface area contributed by atoms with E-state index in [4.69, 9.17) is 9.47 Å². The highest BCUT2D eigenvalue weighted by Crippen LogP contribution is 2.19. The lowest BCUT2D eigenvalue weighted by Crippen LogP contribution is -2.46. The monoisotopic (exact) mass is 271 g/mol. The molecule has 4 nitrogen and oxygen atoms in total. The molecule has 0 unspecified atom stereocenters. The Bertz CT molecular complexity index is 461. The summed E-state index contributed by atoms with van der Waals surface area (Å²) in [4.78, 5) is 13.6. The Balaban J connectivity index is 1.99. The third-order valence-corrected chi connectivity index (χ3v) is 2.87. The molecule has 0 aromatic heterocycles. The fourth-order valence-corrected chi connectivity index (χ4v) is 1.85. The van der Waals surface area contributed by atoms with Crippen LogP contribution in [0.1, 0.15) is 6.92 Å². The first-order chi connectivity index (χ1) is 9.08. The Labute approximate surface area is 109 Å². The number of nitrogens with zero attached hydrogens (tertiary/aromatic N) is 1. The predicted octanol–water partition coefficient (Wildman–Crippen LogP) is 1.59. The molecule has 0 bridgehead atoms. The molecule has 1 aliphatic heterocycles. The molecule has 1 aromatic carbocycles. The molecule has 104 valence electrons. The quantitative estimate of drug-likeness (QED) is 0.838. The van der Waals surface area contributed by atoms with E-state index in [0.717, 1.165) is 12.1 Å². The number of benzene rings is 1. The molecule has 0 radical (unpaired) electrons. The van der Waals surface area contributed by atoms with E-state index in [-0.39, 0.29) is 11.7 Å². The molecule has 0 aliphatic carbocycles. The number of carbonyl (C=O) groups is 1. The van der Waals surface area contributed by atoms with Crippen LogP contribution in [0.5, 0.6) is 5.75 Å². The van der Waals surface area contributed by atoms with E-state index in [1.54, 1.807) is 11.8 Å². The average molecular weight is 271 g/mol. The Kier molecular flexibility index (Phi) is 4.31. The summed E-state index contributed by atoms with van der Waals surface area (Å²) in [6, 6.07) is 2.99. The van der Waals surface area contributed by atoms with Crippen LogP contribution < -0.4 is 4.74 Å². The average Bonchev–Trinajstić information content (AvgIpc) is 2.42. The van der Waals surface area contributed by atoms with Gasteiger partial charge in [-0.3, -0.25) is 4.79 Å². The van der Waals surface area contributed by atoms with Crippen LogP contribution in [0.2, 0.25) is 0 Å². The zero-order chi connectivity index (χ0) is 13.8. The number of hydrogen-bond donors (Lipinski definition) is 0. The summed E-state index contributed by atoms with van der Waals surface area (Å²) in [5, 5.41) is 0. The molecule has 1 atom stereocenters. The topological polar surface area (TPSA) is 38.8 Å². The molecular formula is C13H15F2NO3. The van der Waals surface area contributed by atoms with Crippen LogP contribution in [-0.2, 0) is 9.53 Å². The number of rotatable bonds is 3. The molecule has 1 aliphatic rings. The zero-order valence-electron chi connectivity index (χ0n) is 10.6. The summed E-state index contributed by atoms with van der Waals surface area (Å²) in [5.74, 6) is -1.86. The molecule has 0 N–H and O–H groups in total. The molecule has 2 rings (SSSR count). The van der Waals surface area contributed by atoms with Gasteiger partial charge in [-0.25, -0.2) is 8.78 Å². The molecule has 1 aromatic rings. The van der Waals surface area contributed by atoms with Crippen LogP contribution in [0.4, 0.5) is 8.78 Å². The van der Waals surface area contributed by atoms with Crippen molar-refractivity contribution in [3.8, 4) is 5.75 Å². The minimum Gasteiger partial charge on any atom is -0.478 e. The highest BCUT2D eigenvalue weighted by molar-refractivity contribution is 5.81. The molecule has 1 saturated heterocycles. The first kappa shape index (κ1) is 13.7. The van der Waals surface area contributed by atoms with Gasteiger partial charge >= 0.3 is 0 Å². The maximum atomic E-state index is 13.4. The van der Waals surface area contributed by atoms with Crippen molar-refractivity contribution in [2.24, 2.45) is 0 Å². The smallest absolute Gasteiger partial charge is 0.263 e. The third-order valence-electron chi connectivity index (χ3n) is 2.87. The molecule has 0 spiro atoms. The normalized spacial score (nSPS) is 17.1. The first-order valence-electron chi connectivity index (χ1n) is 6.06. The highest BCUT2D eigenvalue weighted by Gasteiger charge is 2.24. The summed E-state index contributed by atoms with van der Waals surface area (Å²) >= 11 is 0. The van der Waals surface area contributed by atoms with E-state index in [0.29, 0.717) is 26.3 Å². The van der Waals surface area contributed by atoms with Crippen molar-refractivity contribution in [1.29, 1.82) is 0 Å². The van der Waals surface area contributed by atoms with E-state index >= 15 is 0 Å². The number of halogens is 2. The van der Waals surface area contributed by atoms with E-state index in [1.165, 1.54) is 6.07 Å². The van der Waals surface area contributed by atoms with Gasteiger partial charge in [-0.1, -0.05) is 0 Å². The Hall–Kier alpha value is -1.69.